The lowest BCUT2D eigenvalue weighted by atomic mass is 9.74. The molecule has 0 aromatic heterocycles. The minimum Gasteiger partial charge on any atom is -0.192 e. The van der Waals surface area contributed by atoms with Crippen molar-refractivity contribution in [2.45, 2.75) is 51.4 Å². The van der Waals surface area contributed by atoms with Gasteiger partial charge in [0.05, 0.1) is 11.6 Å². The summed E-state index contributed by atoms with van der Waals surface area (Å²) in [7, 11) is 0. The average molecular weight is 416 g/mol. The number of fused-ring (bicyclic) bond motifs is 6. The number of hydrogen-bond acceptors (Lipinski definition) is 1. The van der Waals surface area contributed by atoms with Crippen LogP contribution < -0.4 is 0 Å². The molecule has 0 N–H and O–H groups in total. The van der Waals surface area contributed by atoms with Crippen LogP contribution in [-0.2, 0) is 18.3 Å². The third kappa shape index (κ3) is 3.61. The number of allylic oxidation sites excluding steroid dienone is 2. The van der Waals surface area contributed by atoms with Crippen molar-refractivity contribution in [3.8, 4) is 6.07 Å². The lowest BCUT2D eigenvalue weighted by Gasteiger charge is -2.30. The van der Waals surface area contributed by atoms with E-state index in [0.29, 0.717) is 0 Å². The Bertz CT molecular complexity index is 1380. The molecule has 158 valence electrons. The summed E-state index contributed by atoms with van der Waals surface area (Å²) < 4.78 is 0. The zero-order chi connectivity index (χ0) is 22.1. The zero-order valence-electron chi connectivity index (χ0n) is 19.0. The summed E-state index contributed by atoms with van der Waals surface area (Å²) in [5.41, 5.74) is 6.55. The van der Waals surface area contributed by atoms with E-state index in [9.17, 15) is 0 Å². The van der Waals surface area contributed by atoms with Gasteiger partial charge in [0.2, 0.25) is 0 Å². The Balaban J connectivity index is 0.000000140. The molecule has 4 aromatic rings. The van der Waals surface area contributed by atoms with Crippen LogP contribution in [-0.4, -0.2) is 0 Å². The van der Waals surface area contributed by atoms with Crippen LogP contribution in [0.2, 0.25) is 0 Å². The minimum absolute atomic E-state index is 0.164. The van der Waals surface area contributed by atoms with Crippen molar-refractivity contribution in [2.24, 2.45) is 0 Å². The van der Waals surface area contributed by atoms with Crippen LogP contribution in [0.1, 0.15) is 55.4 Å². The van der Waals surface area contributed by atoms with Gasteiger partial charge in [-0.05, 0) is 81.3 Å². The molecule has 1 nitrogen and oxygen atoms in total. The Hall–Kier alpha value is -3.37. The van der Waals surface area contributed by atoms with Crippen LogP contribution >= 0.6 is 0 Å². The lowest BCUT2D eigenvalue weighted by molar-refractivity contribution is 0.527. The maximum atomic E-state index is 8.99. The first-order valence-electron chi connectivity index (χ1n) is 11.7. The third-order valence-corrected chi connectivity index (χ3v) is 7.14. The molecule has 4 aromatic carbocycles. The molecule has 6 rings (SSSR count). The number of rotatable bonds is 0. The van der Waals surface area contributed by atoms with Crippen LogP contribution in [0, 0.1) is 11.3 Å². The van der Waals surface area contributed by atoms with Crippen molar-refractivity contribution in [1.82, 2.24) is 0 Å². The highest BCUT2D eigenvalue weighted by Crippen LogP contribution is 2.38. The molecule has 0 fully saturated rings. The maximum absolute atomic E-state index is 8.99. The fourth-order valence-corrected chi connectivity index (χ4v) is 5.33. The van der Waals surface area contributed by atoms with Gasteiger partial charge >= 0.3 is 0 Å². The van der Waals surface area contributed by atoms with E-state index in [2.05, 4.69) is 74.5 Å². The van der Waals surface area contributed by atoms with Gasteiger partial charge < -0.3 is 0 Å². The van der Waals surface area contributed by atoms with E-state index in [1.807, 2.05) is 24.3 Å². The van der Waals surface area contributed by atoms with Crippen molar-refractivity contribution >= 4 is 27.1 Å². The van der Waals surface area contributed by atoms with E-state index < -0.39 is 0 Å². The largest absolute Gasteiger partial charge is 0.192 e. The van der Waals surface area contributed by atoms with Crippen LogP contribution in [0.15, 0.2) is 78.9 Å². The molecule has 0 unspecified atom stereocenters. The predicted molar refractivity (Wildman–Crippen MR) is 136 cm³/mol. The molecular weight excluding hydrogens is 386 g/mol. The molecule has 1 heteroatoms. The first-order chi connectivity index (χ1) is 15.6. The van der Waals surface area contributed by atoms with E-state index >= 15 is 0 Å². The standard InChI is InChI=1S/C18H16.C13H13N/c1-3-7-15-13(5-1)9-11-18-16-8-4-2-6-14(16)10-12-17(15)18;1-13(2)8-7-10(9-14)11-5-3-4-6-12(11)13/h1,3,5,7,9-12H,2,4,6,8H2;3-7H,8H2,1-2H3. The number of nitriles is 1. The highest BCUT2D eigenvalue weighted by atomic mass is 14.3. The molecule has 2 aliphatic rings. The van der Waals surface area contributed by atoms with Crippen LogP contribution in [0.5, 0.6) is 0 Å². The van der Waals surface area contributed by atoms with Crippen LogP contribution in [0.3, 0.4) is 0 Å². The highest BCUT2D eigenvalue weighted by Gasteiger charge is 2.27. The molecule has 0 bridgehead atoms. The molecule has 0 aliphatic heterocycles. The highest BCUT2D eigenvalue weighted by molar-refractivity contribution is 6.08. The molecule has 0 heterocycles. The quantitative estimate of drug-likeness (QED) is 0.266. The van der Waals surface area contributed by atoms with Gasteiger partial charge in [0.1, 0.15) is 0 Å². The summed E-state index contributed by atoms with van der Waals surface area (Å²) >= 11 is 0. The number of nitrogens with zero attached hydrogens (tertiary/aromatic N) is 1. The van der Waals surface area contributed by atoms with Gasteiger partial charge in [-0.3, -0.25) is 0 Å². The maximum Gasteiger partial charge on any atom is 0.0994 e. The van der Waals surface area contributed by atoms with E-state index in [1.165, 1.54) is 52.8 Å². The van der Waals surface area contributed by atoms with Gasteiger partial charge in [-0.2, -0.15) is 5.26 Å². The lowest BCUT2D eigenvalue weighted by Crippen LogP contribution is -2.21. The fraction of sp³-hybridized carbons (Fsp3) is 0.258. The number of hydrogen-bond donors (Lipinski definition) is 0. The number of benzene rings is 4. The van der Waals surface area contributed by atoms with Crippen LogP contribution in [0.25, 0.3) is 27.1 Å². The van der Waals surface area contributed by atoms with Gasteiger partial charge in [0, 0.05) is 0 Å². The van der Waals surface area contributed by atoms with Crippen LogP contribution in [0.4, 0.5) is 0 Å². The summed E-state index contributed by atoms with van der Waals surface area (Å²) in [6, 6.07) is 28.4. The van der Waals surface area contributed by atoms with E-state index in [1.54, 1.807) is 11.1 Å². The van der Waals surface area contributed by atoms with Crippen molar-refractivity contribution in [3.05, 3.63) is 101 Å². The number of aryl methyl sites for hydroxylation is 2. The Kier molecular flexibility index (Phi) is 5.32. The second-order valence-corrected chi connectivity index (χ2v) is 9.66. The molecule has 32 heavy (non-hydrogen) atoms. The molecule has 0 saturated carbocycles. The first-order valence-corrected chi connectivity index (χ1v) is 11.7. The van der Waals surface area contributed by atoms with Crippen molar-refractivity contribution < 1.29 is 0 Å². The summed E-state index contributed by atoms with van der Waals surface area (Å²) in [6.07, 6.45) is 8.21. The molecule has 0 radical (unpaired) electrons. The monoisotopic (exact) mass is 415 g/mol. The summed E-state index contributed by atoms with van der Waals surface area (Å²) in [6.45, 7) is 4.44. The minimum atomic E-state index is 0.164. The Morgan fingerprint density at radius 2 is 1.50 bits per heavy atom. The molecule has 0 spiro atoms. The second-order valence-electron chi connectivity index (χ2n) is 9.66. The van der Waals surface area contributed by atoms with Gasteiger partial charge in [-0.15, -0.1) is 0 Å². The second kappa shape index (κ2) is 8.29. The van der Waals surface area contributed by atoms with E-state index in [0.717, 1.165) is 17.6 Å². The van der Waals surface area contributed by atoms with E-state index in [4.69, 9.17) is 5.26 Å². The summed E-state index contributed by atoms with van der Waals surface area (Å²) in [5.74, 6) is 0. The average Bonchev–Trinajstić information content (AvgIpc) is 2.84. The van der Waals surface area contributed by atoms with Gasteiger partial charge in [0.15, 0.2) is 0 Å². The fourth-order valence-electron chi connectivity index (χ4n) is 5.33. The SMILES string of the molecule is CC1(C)CC=C(C#N)c2ccccc21.c1ccc2c(c1)ccc1c3c(ccc12)CCCC3. The topological polar surface area (TPSA) is 23.8 Å². The molecule has 2 aliphatic carbocycles. The van der Waals surface area contributed by atoms with Gasteiger partial charge in [-0.25, -0.2) is 0 Å². The molecule has 0 atom stereocenters. The molecule has 0 saturated heterocycles. The Morgan fingerprint density at radius 1 is 0.750 bits per heavy atom. The van der Waals surface area contributed by atoms with E-state index in [-0.39, 0.29) is 5.41 Å². The molecular formula is C31H29N. The zero-order valence-corrected chi connectivity index (χ0v) is 19.0. The Labute approximate surface area is 191 Å². The molecule has 0 amide bonds. The predicted octanol–water partition coefficient (Wildman–Crippen LogP) is 8.15. The smallest absolute Gasteiger partial charge is 0.0994 e. The normalized spacial score (nSPS) is 16.2. The summed E-state index contributed by atoms with van der Waals surface area (Å²) in [5, 5.41) is 14.6. The van der Waals surface area contributed by atoms with Gasteiger partial charge in [0.25, 0.3) is 0 Å². The third-order valence-electron chi connectivity index (χ3n) is 7.14. The summed E-state index contributed by atoms with van der Waals surface area (Å²) in [4.78, 5) is 0. The first kappa shape index (κ1) is 20.5. The Morgan fingerprint density at radius 3 is 2.38 bits per heavy atom. The van der Waals surface area contributed by atoms with Gasteiger partial charge in [-0.1, -0.05) is 92.7 Å². The van der Waals surface area contributed by atoms with Crippen molar-refractivity contribution in [2.75, 3.05) is 0 Å². The van der Waals surface area contributed by atoms with Crippen molar-refractivity contribution in [1.29, 1.82) is 5.26 Å². The van der Waals surface area contributed by atoms with Crippen molar-refractivity contribution in [3.63, 3.8) is 0 Å².